The highest BCUT2D eigenvalue weighted by Gasteiger charge is 2.20. The topological polar surface area (TPSA) is 66.9 Å². The zero-order valence-corrected chi connectivity index (χ0v) is 29.7. The maximum absolute atomic E-state index is 13.1. The summed E-state index contributed by atoms with van der Waals surface area (Å²) in [6, 6.07) is 30.6. The summed E-state index contributed by atoms with van der Waals surface area (Å²) in [6.07, 6.45) is 5.93. The largest absolute Gasteiger partial charge is 0.487 e. The molecule has 2 heterocycles. The number of piperazine rings is 1. The van der Waals surface area contributed by atoms with Crippen molar-refractivity contribution in [1.82, 2.24) is 14.8 Å². The molecule has 9 heteroatoms. The van der Waals surface area contributed by atoms with Gasteiger partial charge in [-0.3, -0.25) is 9.69 Å². The van der Waals surface area contributed by atoms with E-state index in [1.165, 1.54) is 28.8 Å². The summed E-state index contributed by atoms with van der Waals surface area (Å²) in [4.78, 5) is 21.7. The average molecular weight is 705 g/mol. The quantitative estimate of drug-likeness (QED) is 0.124. The summed E-state index contributed by atoms with van der Waals surface area (Å²) in [5, 5.41) is 3.76. The monoisotopic (exact) mass is 704 g/mol. The van der Waals surface area contributed by atoms with Gasteiger partial charge in [-0.1, -0.05) is 65.7 Å². The number of aryl methyl sites for hydroxylation is 2. The number of ether oxygens (including phenoxy) is 2. The Morgan fingerprint density at radius 3 is 2.27 bits per heavy atom. The molecule has 0 aliphatic carbocycles. The minimum Gasteiger partial charge on any atom is -0.487 e. The van der Waals surface area contributed by atoms with Crippen molar-refractivity contribution in [3.05, 3.63) is 154 Å². The Morgan fingerprint density at radius 2 is 1.59 bits per heavy atom. The number of amides is 1. The Bertz CT molecular complexity index is 1900. The molecule has 0 unspecified atom stereocenters. The lowest BCUT2D eigenvalue weighted by molar-refractivity contribution is -0.127. The highest BCUT2D eigenvalue weighted by molar-refractivity contribution is 6.32. The lowest BCUT2D eigenvalue weighted by Crippen LogP contribution is -2.47. The molecule has 7 nitrogen and oxygen atoms in total. The standard InChI is InChI=1S/C42H42ClFN4O3/c1-30-3-5-34(6-4-30)29-50-38-16-17-40(46-27-38)51-42-31(2)25-35(26-39(42)43)11-18-41(49)48-23-21-47(22-24-48)28-33-9-7-32(8-10-33)19-20-45-37-14-12-36(44)13-15-37/h3-18,25-27,45H,19-24,28-29H2,1-2H3/b18-11+. The molecule has 5 aromatic rings. The van der Waals surface area contributed by atoms with Crippen LogP contribution in [0.1, 0.15) is 33.4 Å². The molecule has 4 aromatic carbocycles. The Kier molecular flexibility index (Phi) is 12.0. The molecular formula is C42H42ClFN4O3. The number of carbonyl (C=O) groups excluding carboxylic acids is 1. The second kappa shape index (κ2) is 17.2. The first-order valence-corrected chi connectivity index (χ1v) is 17.5. The van der Waals surface area contributed by atoms with E-state index in [-0.39, 0.29) is 11.7 Å². The van der Waals surface area contributed by atoms with Crippen molar-refractivity contribution in [3.8, 4) is 17.4 Å². The normalized spacial score (nSPS) is 13.4. The summed E-state index contributed by atoms with van der Waals surface area (Å²) < 4.78 is 25.0. The van der Waals surface area contributed by atoms with Crippen molar-refractivity contribution in [2.45, 2.75) is 33.4 Å². The van der Waals surface area contributed by atoms with Gasteiger partial charge in [0.25, 0.3) is 0 Å². The highest BCUT2D eigenvalue weighted by Crippen LogP contribution is 2.34. The van der Waals surface area contributed by atoms with E-state index < -0.39 is 0 Å². The summed E-state index contributed by atoms with van der Waals surface area (Å²) in [6.45, 7) is 9.03. The van der Waals surface area contributed by atoms with Gasteiger partial charge in [0.05, 0.1) is 11.2 Å². The fourth-order valence-corrected chi connectivity index (χ4v) is 6.15. The first-order valence-electron chi connectivity index (χ1n) is 17.2. The lowest BCUT2D eigenvalue weighted by Gasteiger charge is -2.34. The number of rotatable bonds is 13. The molecule has 51 heavy (non-hydrogen) atoms. The van der Waals surface area contributed by atoms with Crippen molar-refractivity contribution < 1.29 is 18.7 Å². The molecule has 0 atom stereocenters. The molecule has 1 aliphatic heterocycles. The van der Waals surface area contributed by atoms with E-state index in [9.17, 15) is 9.18 Å². The maximum atomic E-state index is 13.1. The Labute approximate surface area is 304 Å². The summed E-state index contributed by atoms with van der Waals surface area (Å²) in [5.74, 6) is 1.32. The summed E-state index contributed by atoms with van der Waals surface area (Å²) in [7, 11) is 0. The smallest absolute Gasteiger partial charge is 0.246 e. The third-order valence-corrected chi connectivity index (χ3v) is 9.09. The molecule has 0 radical (unpaired) electrons. The van der Waals surface area contributed by atoms with E-state index in [0.717, 1.165) is 55.0 Å². The van der Waals surface area contributed by atoms with Gasteiger partial charge in [-0.2, -0.15) is 0 Å². The van der Waals surface area contributed by atoms with Crippen LogP contribution in [-0.2, 0) is 24.4 Å². The molecule has 1 saturated heterocycles. The van der Waals surface area contributed by atoms with E-state index in [1.807, 2.05) is 36.1 Å². The van der Waals surface area contributed by atoms with Gasteiger partial charge in [0.1, 0.15) is 18.2 Å². The van der Waals surface area contributed by atoms with E-state index in [2.05, 4.69) is 58.5 Å². The second-order valence-electron chi connectivity index (χ2n) is 12.8. The fourth-order valence-electron chi connectivity index (χ4n) is 5.84. The van der Waals surface area contributed by atoms with Gasteiger partial charge >= 0.3 is 0 Å². The third kappa shape index (κ3) is 10.4. The van der Waals surface area contributed by atoms with Crippen LogP contribution in [0.25, 0.3) is 6.08 Å². The molecule has 1 aromatic heterocycles. The van der Waals surface area contributed by atoms with Crippen LogP contribution in [-0.4, -0.2) is 53.4 Å². The molecular weight excluding hydrogens is 663 g/mol. The molecule has 1 N–H and O–H groups in total. The van der Waals surface area contributed by atoms with Crippen LogP contribution in [0, 0.1) is 19.7 Å². The second-order valence-corrected chi connectivity index (χ2v) is 13.2. The zero-order chi connectivity index (χ0) is 35.6. The van der Waals surface area contributed by atoms with E-state index in [4.69, 9.17) is 21.1 Å². The van der Waals surface area contributed by atoms with Crippen molar-refractivity contribution in [2.75, 3.05) is 38.0 Å². The predicted octanol–water partition coefficient (Wildman–Crippen LogP) is 8.87. The first kappa shape index (κ1) is 35.6. The van der Waals surface area contributed by atoms with Gasteiger partial charge in [0, 0.05) is 57.1 Å². The molecule has 1 amide bonds. The van der Waals surface area contributed by atoms with Gasteiger partial charge in [0.2, 0.25) is 11.8 Å². The minimum atomic E-state index is -0.232. The summed E-state index contributed by atoms with van der Waals surface area (Å²) in [5.41, 5.74) is 7.36. The highest BCUT2D eigenvalue weighted by atomic mass is 35.5. The van der Waals surface area contributed by atoms with Crippen molar-refractivity contribution in [1.29, 1.82) is 0 Å². The average Bonchev–Trinajstić information content (AvgIpc) is 3.14. The minimum absolute atomic E-state index is 0.0174. The molecule has 1 aliphatic rings. The summed E-state index contributed by atoms with van der Waals surface area (Å²) >= 11 is 6.62. The van der Waals surface area contributed by atoms with Gasteiger partial charge in [0.15, 0.2) is 5.75 Å². The fraction of sp³-hybridized carbons (Fsp3) is 0.238. The zero-order valence-electron chi connectivity index (χ0n) is 28.9. The van der Waals surface area contributed by atoms with Gasteiger partial charge in [-0.05, 0) is 96.6 Å². The number of aromatic nitrogens is 1. The van der Waals surface area contributed by atoms with Crippen molar-refractivity contribution in [2.24, 2.45) is 0 Å². The number of anilines is 1. The van der Waals surface area contributed by atoms with E-state index in [0.29, 0.717) is 42.1 Å². The molecule has 0 saturated carbocycles. The SMILES string of the molecule is Cc1ccc(COc2ccc(Oc3c(C)cc(/C=C/C(=O)N4CCN(Cc5ccc(CCNc6ccc(F)cc6)cc5)CC4)cc3Cl)nc2)cc1. The Hall–Kier alpha value is -5.18. The number of pyridine rings is 1. The molecule has 6 rings (SSSR count). The number of carbonyl (C=O) groups is 1. The van der Waals surface area contributed by atoms with Gasteiger partial charge < -0.3 is 19.7 Å². The Morgan fingerprint density at radius 1 is 0.882 bits per heavy atom. The Balaban J connectivity index is 0.931. The van der Waals surface area contributed by atoms with Crippen molar-refractivity contribution >= 4 is 29.3 Å². The molecule has 1 fully saturated rings. The molecule has 262 valence electrons. The van der Waals surface area contributed by atoms with Crippen LogP contribution < -0.4 is 14.8 Å². The van der Waals surface area contributed by atoms with Crippen LogP contribution in [0.5, 0.6) is 17.4 Å². The predicted molar refractivity (Wildman–Crippen MR) is 202 cm³/mol. The van der Waals surface area contributed by atoms with Crippen LogP contribution >= 0.6 is 11.6 Å². The van der Waals surface area contributed by atoms with Crippen LogP contribution in [0.4, 0.5) is 10.1 Å². The third-order valence-electron chi connectivity index (χ3n) is 8.81. The van der Waals surface area contributed by atoms with Crippen LogP contribution in [0.15, 0.2) is 109 Å². The number of hydrogen-bond donors (Lipinski definition) is 1. The van der Waals surface area contributed by atoms with E-state index in [1.54, 1.807) is 42.6 Å². The number of nitrogens with one attached hydrogen (secondary N) is 1. The molecule has 0 spiro atoms. The van der Waals surface area contributed by atoms with E-state index >= 15 is 0 Å². The van der Waals surface area contributed by atoms with Gasteiger partial charge in [-0.25, -0.2) is 9.37 Å². The molecule has 0 bridgehead atoms. The van der Waals surface area contributed by atoms with Crippen LogP contribution in [0.3, 0.4) is 0 Å². The number of halogens is 2. The number of benzene rings is 4. The maximum Gasteiger partial charge on any atom is 0.246 e. The number of nitrogens with zero attached hydrogens (tertiary/aromatic N) is 3. The first-order chi connectivity index (χ1) is 24.8. The van der Waals surface area contributed by atoms with Crippen molar-refractivity contribution in [3.63, 3.8) is 0 Å². The van der Waals surface area contributed by atoms with Gasteiger partial charge in [-0.15, -0.1) is 0 Å². The lowest BCUT2D eigenvalue weighted by atomic mass is 10.1. The van der Waals surface area contributed by atoms with Crippen LogP contribution in [0.2, 0.25) is 5.02 Å². The number of hydrogen-bond acceptors (Lipinski definition) is 6.